The highest BCUT2D eigenvalue weighted by Crippen LogP contribution is 2.38. The number of likely N-dealkylation sites (N-methyl/N-ethyl adjacent to an activating group) is 1. The molecule has 1 saturated carbocycles. The Hall–Kier alpha value is -2.43. The average molecular weight is 352 g/mol. The molecule has 0 saturated heterocycles. The number of nitrogens with one attached hydrogen (secondary N) is 2. The van der Waals surface area contributed by atoms with Gasteiger partial charge in [-0.05, 0) is 44.7 Å². The summed E-state index contributed by atoms with van der Waals surface area (Å²) < 4.78 is 2.32. The Bertz CT molecular complexity index is 944. The number of H-pyrrole nitrogens is 1. The maximum atomic E-state index is 10.1. The molecule has 3 aromatic heterocycles. The molecule has 7 nitrogen and oxygen atoms in total. The molecule has 136 valence electrons. The molecule has 26 heavy (non-hydrogen) atoms. The summed E-state index contributed by atoms with van der Waals surface area (Å²) >= 11 is 0. The molecule has 0 aromatic carbocycles. The van der Waals surface area contributed by atoms with E-state index < -0.39 is 6.23 Å². The normalized spacial score (nSPS) is 21.9. The Kier molecular flexibility index (Phi) is 4.62. The van der Waals surface area contributed by atoms with Crippen LogP contribution in [0.5, 0.6) is 0 Å². The molecule has 1 unspecified atom stereocenters. The number of aromatic nitrogens is 4. The van der Waals surface area contributed by atoms with E-state index in [4.69, 9.17) is 10.2 Å². The van der Waals surface area contributed by atoms with E-state index in [0.717, 1.165) is 53.6 Å². The number of aliphatic hydroxyl groups excluding tert-OH is 1. The van der Waals surface area contributed by atoms with E-state index >= 15 is 0 Å². The van der Waals surface area contributed by atoms with Gasteiger partial charge >= 0.3 is 0 Å². The molecule has 1 aliphatic carbocycles. The number of nitriles is 1. The van der Waals surface area contributed by atoms with E-state index in [9.17, 15) is 5.11 Å². The third-order valence-corrected chi connectivity index (χ3v) is 5.58. The van der Waals surface area contributed by atoms with E-state index in [2.05, 4.69) is 25.9 Å². The van der Waals surface area contributed by atoms with Gasteiger partial charge in [0.05, 0.1) is 17.8 Å². The number of rotatable bonds is 5. The molecule has 1 aliphatic rings. The van der Waals surface area contributed by atoms with E-state index in [-0.39, 0.29) is 0 Å². The van der Waals surface area contributed by atoms with Gasteiger partial charge in [-0.15, -0.1) is 0 Å². The van der Waals surface area contributed by atoms with Crippen molar-refractivity contribution in [3.05, 3.63) is 24.3 Å². The number of hydrogen-bond acceptors (Lipinski definition) is 5. The Morgan fingerprint density at radius 1 is 1.42 bits per heavy atom. The van der Waals surface area contributed by atoms with Crippen molar-refractivity contribution in [3.8, 4) is 6.07 Å². The van der Waals surface area contributed by atoms with Crippen molar-refractivity contribution in [3.63, 3.8) is 0 Å². The minimum atomic E-state index is -0.629. The smallest absolute Gasteiger partial charge is 0.139 e. The third kappa shape index (κ3) is 2.96. The average Bonchev–Trinajstić information content (AvgIpc) is 3.26. The monoisotopic (exact) mass is 352 g/mol. The van der Waals surface area contributed by atoms with Crippen molar-refractivity contribution in [1.82, 2.24) is 24.8 Å². The van der Waals surface area contributed by atoms with Gasteiger partial charge in [-0.25, -0.2) is 9.97 Å². The quantitative estimate of drug-likeness (QED) is 0.613. The van der Waals surface area contributed by atoms with Crippen molar-refractivity contribution in [2.75, 3.05) is 7.05 Å². The first-order valence-corrected chi connectivity index (χ1v) is 9.26. The molecule has 1 atom stereocenters. The van der Waals surface area contributed by atoms with Crippen LogP contribution in [-0.4, -0.2) is 37.9 Å². The van der Waals surface area contributed by atoms with Gasteiger partial charge in [-0.3, -0.25) is 5.32 Å². The molecule has 0 amide bonds. The van der Waals surface area contributed by atoms with Crippen LogP contribution in [0.4, 0.5) is 0 Å². The second-order valence-corrected chi connectivity index (χ2v) is 7.18. The first-order chi connectivity index (χ1) is 12.7. The zero-order chi connectivity index (χ0) is 18.1. The van der Waals surface area contributed by atoms with E-state index in [1.165, 1.54) is 0 Å². The van der Waals surface area contributed by atoms with Gasteiger partial charge in [0.25, 0.3) is 0 Å². The summed E-state index contributed by atoms with van der Waals surface area (Å²) in [4.78, 5) is 12.4. The van der Waals surface area contributed by atoms with Crippen LogP contribution >= 0.6 is 0 Å². The summed E-state index contributed by atoms with van der Waals surface area (Å²) in [6.45, 7) is 0. The summed E-state index contributed by atoms with van der Waals surface area (Å²) in [5, 5.41) is 23.0. The molecule has 1 fully saturated rings. The minimum absolute atomic E-state index is 0.342. The predicted molar refractivity (Wildman–Crippen MR) is 99.4 cm³/mol. The van der Waals surface area contributed by atoms with E-state index in [1.807, 2.05) is 12.3 Å². The van der Waals surface area contributed by atoms with Gasteiger partial charge < -0.3 is 14.7 Å². The van der Waals surface area contributed by atoms with Crippen LogP contribution in [0.25, 0.3) is 22.1 Å². The summed E-state index contributed by atoms with van der Waals surface area (Å²) in [7, 11) is 1.75. The first-order valence-electron chi connectivity index (χ1n) is 9.26. The van der Waals surface area contributed by atoms with Crippen molar-refractivity contribution < 1.29 is 5.11 Å². The first kappa shape index (κ1) is 17.0. The number of pyridine rings is 1. The van der Waals surface area contributed by atoms with Gasteiger partial charge in [0, 0.05) is 30.5 Å². The van der Waals surface area contributed by atoms with Crippen molar-refractivity contribution in [2.24, 2.45) is 5.92 Å². The Morgan fingerprint density at radius 2 is 2.23 bits per heavy atom. The van der Waals surface area contributed by atoms with Crippen LogP contribution in [0, 0.1) is 17.2 Å². The van der Waals surface area contributed by atoms with Gasteiger partial charge in [-0.2, -0.15) is 5.26 Å². The zero-order valence-corrected chi connectivity index (χ0v) is 14.9. The van der Waals surface area contributed by atoms with Crippen molar-refractivity contribution in [2.45, 2.75) is 50.8 Å². The lowest BCUT2D eigenvalue weighted by atomic mass is 9.84. The predicted octanol–water partition coefficient (Wildman–Crippen LogP) is 2.64. The summed E-state index contributed by atoms with van der Waals surface area (Å²) in [5.41, 5.74) is 2.82. The number of nitrogens with zero attached hydrogens (tertiary/aromatic N) is 4. The van der Waals surface area contributed by atoms with Crippen LogP contribution < -0.4 is 5.32 Å². The molecule has 3 heterocycles. The van der Waals surface area contributed by atoms with Crippen molar-refractivity contribution >= 4 is 22.1 Å². The fourth-order valence-corrected chi connectivity index (χ4v) is 4.19. The Labute approximate surface area is 152 Å². The van der Waals surface area contributed by atoms with Gasteiger partial charge in [0.2, 0.25) is 0 Å². The van der Waals surface area contributed by atoms with Crippen LogP contribution in [0.3, 0.4) is 0 Å². The fraction of sp³-hybridized carbons (Fsp3) is 0.526. The Morgan fingerprint density at radius 3 is 2.96 bits per heavy atom. The summed E-state index contributed by atoms with van der Waals surface area (Å²) in [6, 6.07) is 4.70. The molecular weight excluding hydrogens is 328 g/mol. The second-order valence-electron chi connectivity index (χ2n) is 7.18. The van der Waals surface area contributed by atoms with Gasteiger partial charge in [0.15, 0.2) is 0 Å². The third-order valence-electron chi connectivity index (χ3n) is 5.58. The Balaban J connectivity index is 1.78. The lowest BCUT2D eigenvalue weighted by molar-refractivity contribution is 0.142. The van der Waals surface area contributed by atoms with E-state index in [1.54, 1.807) is 13.2 Å². The number of imidazole rings is 1. The maximum Gasteiger partial charge on any atom is 0.139 e. The molecular formula is C19H24N6O. The second kappa shape index (κ2) is 7.06. The molecule has 0 spiro atoms. The van der Waals surface area contributed by atoms with Crippen molar-refractivity contribution in [1.29, 1.82) is 5.26 Å². The molecule has 7 heteroatoms. The molecule has 3 aromatic rings. The maximum absolute atomic E-state index is 10.1. The standard InChI is InChI=1S/C19H24N6O/c1-21-17(26)10-16-24-15-11-23-19-14(7-9-22-19)18(15)25(16)13-4-2-12(3-5-13)6-8-20/h7,9,11-13,17,21,26H,2-6,10H2,1H3,(H,22,23)/t12-,13-,17?. The van der Waals surface area contributed by atoms with Crippen LogP contribution in [0.1, 0.15) is 44.0 Å². The largest absolute Gasteiger partial charge is 0.378 e. The molecule has 0 radical (unpaired) electrons. The lowest BCUT2D eigenvalue weighted by Crippen LogP contribution is -2.29. The lowest BCUT2D eigenvalue weighted by Gasteiger charge is -2.30. The molecule has 3 N–H and O–H groups in total. The van der Waals surface area contributed by atoms with E-state index in [0.29, 0.717) is 24.8 Å². The fourth-order valence-electron chi connectivity index (χ4n) is 4.19. The number of aliphatic hydroxyl groups is 1. The van der Waals surface area contributed by atoms with Crippen LogP contribution in [0.2, 0.25) is 0 Å². The zero-order valence-electron chi connectivity index (χ0n) is 14.9. The number of fused-ring (bicyclic) bond motifs is 3. The highest BCUT2D eigenvalue weighted by atomic mass is 16.3. The highest BCUT2D eigenvalue weighted by molar-refractivity contribution is 6.01. The molecule has 4 rings (SSSR count). The molecule has 0 aliphatic heterocycles. The van der Waals surface area contributed by atoms with Gasteiger partial charge in [0.1, 0.15) is 23.2 Å². The van der Waals surface area contributed by atoms with Crippen LogP contribution in [-0.2, 0) is 6.42 Å². The molecule has 0 bridgehead atoms. The number of hydrogen-bond donors (Lipinski definition) is 3. The minimum Gasteiger partial charge on any atom is -0.378 e. The van der Waals surface area contributed by atoms with Crippen LogP contribution in [0.15, 0.2) is 18.5 Å². The summed E-state index contributed by atoms with van der Waals surface area (Å²) in [5.74, 6) is 1.40. The number of aromatic amines is 1. The topological polar surface area (TPSA) is 103 Å². The highest BCUT2D eigenvalue weighted by Gasteiger charge is 2.27. The van der Waals surface area contributed by atoms with Gasteiger partial charge in [-0.1, -0.05) is 0 Å². The SMILES string of the molecule is CNC(O)Cc1nc2cnc3[nH]ccc3c2n1[C@H]1CC[C@H](CC#N)CC1. The summed E-state index contributed by atoms with van der Waals surface area (Å²) in [6.07, 6.45) is 8.38.